The van der Waals surface area contributed by atoms with Crippen molar-refractivity contribution in [3.63, 3.8) is 0 Å². The van der Waals surface area contributed by atoms with Gasteiger partial charge in [-0.2, -0.15) is 5.10 Å². The summed E-state index contributed by atoms with van der Waals surface area (Å²) in [6, 6.07) is 2.41. The van der Waals surface area contributed by atoms with Crippen molar-refractivity contribution in [1.82, 2.24) is 20.0 Å². The molecule has 0 unspecified atom stereocenters. The minimum absolute atomic E-state index is 0.458. The van der Waals surface area contributed by atoms with Gasteiger partial charge in [-0.1, -0.05) is 11.3 Å². The van der Waals surface area contributed by atoms with E-state index in [1.165, 1.54) is 0 Å². The number of methoxy groups -OCH3 is 1. The molecular weight excluding hydrogens is 238 g/mol. The van der Waals surface area contributed by atoms with Crippen molar-refractivity contribution < 1.29 is 4.74 Å². The molecule has 1 aliphatic heterocycles. The fourth-order valence-electron chi connectivity index (χ4n) is 1.83. The first-order chi connectivity index (χ1) is 8.36. The van der Waals surface area contributed by atoms with E-state index < -0.39 is 0 Å². The highest BCUT2D eigenvalue weighted by Crippen LogP contribution is 2.29. The molecule has 3 rings (SSSR count). The van der Waals surface area contributed by atoms with Gasteiger partial charge in [0.15, 0.2) is 0 Å². The Balaban J connectivity index is 1.61. The number of nitrogens with zero attached hydrogens (tertiary/aromatic N) is 5. The first-order valence-corrected chi connectivity index (χ1v) is 6.24. The molecular formula is C10H13N5OS. The van der Waals surface area contributed by atoms with E-state index in [-0.39, 0.29) is 0 Å². The normalized spacial score (nSPS) is 16.2. The van der Waals surface area contributed by atoms with Gasteiger partial charge in [0, 0.05) is 32.6 Å². The summed E-state index contributed by atoms with van der Waals surface area (Å²) in [6.45, 7) is 2.43. The van der Waals surface area contributed by atoms with Crippen molar-refractivity contribution in [1.29, 1.82) is 0 Å². The summed E-state index contributed by atoms with van der Waals surface area (Å²) in [5, 5.41) is 14.4. The molecule has 0 N–H and O–H groups in total. The maximum absolute atomic E-state index is 5.03. The zero-order valence-corrected chi connectivity index (χ0v) is 10.3. The SMILES string of the molecule is COCc1nnc(N2CC(n3cccn3)C2)s1. The van der Waals surface area contributed by atoms with Crippen molar-refractivity contribution >= 4 is 16.5 Å². The fraction of sp³-hybridized carbons (Fsp3) is 0.500. The number of hydrogen-bond donors (Lipinski definition) is 0. The molecule has 0 aliphatic carbocycles. The van der Waals surface area contributed by atoms with E-state index in [0.717, 1.165) is 23.2 Å². The molecule has 0 amide bonds. The van der Waals surface area contributed by atoms with Crippen LogP contribution in [0.25, 0.3) is 0 Å². The van der Waals surface area contributed by atoms with Gasteiger partial charge >= 0.3 is 0 Å². The Hall–Kier alpha value is -1.47. The van der Waals surface area contributed by atoms with Crippen molar-refractivity contribution in [2.75, 3.05) is 25.1 Å². The first kappa shape index (κ1) is 10.7. The first-order valence-electron chi connectivity index (χ1n) is 5.42. The lowest BCUT2D eigenvalue weighted by Crippen LogP contribution is -2.48. The molecule has 1 fully saturated rings. The molecule has 0 radical (unpaired) electrons. The van der Waals surface area contributed by atoms with Gasteiger partial charge in [-0.05, 0) is 6.07 Å². The van der Waals surface area contributed by atoms with E-state index in [0.29, 0.717) is 12.6 Å². The quantitative estimate of drug-likeness (QED) is 0.809. The predicted molar refractivity (Wildman–Crippen MR) is 64.1 cm³/mol. The fourth-order valence-corrected chi connectivity index (χ4v) is 2.66. The molecule has 17 heavy (non-hydrogen) atoms. The second kappa shape index (κ2) is 4.42. The van der Waals surface area contributed by atoms with E-state index in [1.54, 1.807) is 18.4 Å². The van der Waals surface area contributed by atoms with Crippen molar-refractivity contribution in [3.05, 3.63) is 23.5 Å². The lowest BCUT2D eigenvalue weighted by molar-refractivity contribution is 0.184. The summed E-state index contributed by atoms with van der Waals surface area (Å²) in [6.07, 6.45) is 3.81. The molecule has 6 nitrogen and oxygen atoms in total. The number of anilines is 1. The Bertz CT molecular complexity index is 477. The van der Waals surface area contributed by atoms with Gasteiger partial charge in [0.2, 0.25) is 5.13 Å². The van der Waals surface area contributed by atoms with Gasteiger partial charge in [-0.15, -0.1) is 10.2 Å². The molecule has 1 saturated heterocycles. The molecule has 0 bridgehead atoms. The number of ether oxygens (including phenoxy) is 1. The van der Waals surface area contributed by atoms with Gasteiger partial charge in [0.1, 0.15) is 11.6 Å². The highest BCUT2D eigenvalue weighted by atomic mass is 32.1. The molecule has 0 aromatic carbocycles. The van der Waals surface area contributed by atoms with Crippen molar-refractivity contribution in [3.8, 4) is 0 Å². The Morgan fingerprint density at radius 3 is 3.06 bits per heavy atom. The van der Waals surface area contributed by atoms with Crippen molar-refractivity contribution in [2.45, 2.75) is 12.6 Å². The molecule has 0 atom stereocenters. The van der Waals surface area contributed by atoms with Crippen LogP contribution >= 0.6 is 11.3 Å². The number of hydrogen-bond acceptors (Lipinski definition) is 6. The summed E-state index contributed by atoms with van der Waals surface area (Å²) in [4.78, 5) is 2.21. The van der Waals surface area contributed by atoms with Gasteiger partial charge < -0.3 is 9.64 Å². The summed E-state index contributed by atoms with van der Waals surface area (Å²) in [5.74, 6) is 0. The molecule has 7 heteroatoms. The van der Waals surface area contributed by atoms with Gasteiger partial charge in [0.25, 0.3) is 0 Å². The third kappa shape index (κ3) is 2.03. The van der Waals surface area contributed by atoms with Crippen molar-refractivity contribution in [2.24, 2.45) is 0 Å². The molecule has 2 aromatic heterocycles. The largest absolute Gasteiger partial charge is 0.377 e. The lowest BCUT2D eigenvalue weighted by atomic mass is 10.1. The average Bonchev–Trinajstić information content (AvgIpc) is 2.88. The Kier molecular flexibility index (Phi) is 2.77. The maximum atomic E-state index is 5.03. The Morgan fingerprint density at radius 2 is 2.35 bits per heavy atom. The summed E-state index contributed by atoms with van der Waals surface area (Å²) in [7, 11) is 1.67. The third-order valence-corrected chi connectivity index (χ3v) is 3.71. The topological polar surface area (TPSA) is 56.1 Å². The zero-order chi connectivity index (χ0) is 11.7. The second-order valence-electron chi connectivity index (χ2n) is 3.96. The minimum Gasteiger partial charge on any atom is -0.377 e. The molecule has 1 aliphatic rings. The Labute approximate surface area is 103 Å². The van der Waals surface area contributed by atoms with Gasteiger partial charge in [-0.3, -0.25) is 4.68 Å². The van der Waals surface area contributed by atoms with Gasteiger partial charge in [-0.25, -0.2) is 0 Å². The molecule has 0 spiro atoms. The predicted octanol–water partition coefficient (Wildman–Crippen LogP) is 0.942. The van der Waals surface area contributed by atoms with Crippen LogP contribution in [-0.4, -0.2) is 40.2 Å². The highest BCUT2D eigenvalue weighted by Gasteiger charge is 2.30. The molecule has 0 saturated carbocycles. The van der Waals surface area contributed by atoms with Gasteiger partial charge in [0.05, 0.1) is 6.04 Å². The molecule has 3 heterocycles. The highest BCUT2D eigenvalue weighted by molar-refractivity contribution is 7.15. The van der Waals surface area contributed by atoms with Crippen LogP contribution in [0.15, 0.2) is 18.5 Å². The monoisotopic (exact) mass is 251 g/mol. The van der Waals surface area contributed by atoms with E-state index >= 15 is 0 Å². The number of rotatable bonds is 4. The van der Waals surface area contributed by atoms with E-state index in [4.69, 9.17) is 4.74 Å². The second-order valence-corrected chi connectivity index (χ2v) is 5.00. The van der Waals surface area contributed by atoms with Crippen LogP contribution in [0.3, 0.4) is 0 Å². The van der Waals surface area contributed by atoms with Crippen LogP contribution in [0.1, 0.15) is 11.0 Å². The average molecular weight is 251 g/mol. The summed E-state index contributed by atoms with van der Waals surface area (Å²) in [5.41, 5.74) is 0. The minimum atomic E-state index is 0.458. The van der Waals surface area contributed by atoms with E-state index in [1.807, 2.05) is 23.1 Å². The maximum Gasteiger partial charge on any atom is 0.208 e. The van der Waals surface area contributed by atoms with Crippen LogP contribution in [0.4, 0.5) is 5.13 Å². The summed E-state index contributed by atoms with van der Waals surface area (Å²) < 4.78 is 7.02. The standard InChI is InChI=1S/C10H13N5OS/c1-16-7-9-12-13-10(17-9)14-5-8(6-14)15-4-2-3-11-15/h2-4,8H,5-7H2,1H3. The smallest absolute Gasteiger partial charge is 0.208 e. The third-order valence-electron chi connectivity index (χ3n) is 2.76. The molecule has 2 aromatic rings. The lowest BCUT2D eigenvalue weighted by Gasteiger charge is -2.38. The van der Waals surface area contributed by atoms with Crippen LogP contribution in [0.2, 0.25) is 0 Å². The van der Waals surface area contributed by atoms with E-state index in [2.05, 4.69) is 20.2 Å². The van der Waals surface area contributed by atoms with Crippen LogP contribution in [-0.2, 0) is 11.3 Å². The van der Waals surface area contributed by atoms with Crippen LogP contribution < -0.4 is 4.90 Å². The number of aromatic nitrogens is 4. The zero-order valence-electron chi connectivity index (χ0n) is 9.48. The van der Waals surface area contributed by atoms with E-state index in [9.17, 15) is 0 Å². The Morgan fingerprint density at radius 1 is 1.47 bits per heavy atom. The van der Waals surface area contributed by atoms with Crippen LogP contribution in [0.5, 0.6) is 0 Å². The van der Waals surface area contributed by atoms with Crippen LogP contribution in [0, 0.1) is 0 Å². The molecule has 90 valence electrons. The summed E-state index contributed by atoms with van der Waals surface area (Å²) >= 11 is 1.59.